The summed E-state index contributed by atoms with van der Waals surface area (Å²) in [5.74, 6) is -0.359. The fraction of sp³-hybridized carbons (Fsp3) is 0.192. The normalized spacial score (nSPS) is 15.2. The monoisotopic (exact) mass is 458 g/mol. The minimum absolute atomic E-state index is 0.365. The van der Waals surface area contributed by atoms with Crippen molar-refractivity contribution in [2.45, 2.75) is 26.2 Å². The topological polar surface area (TPSA) is 102 Å². The molecule has 1 aliphatic rings. The Balaban J connectivity index is 1.48. The highest BCUT2D eigenvalue weighted by molar-refractivity contribution is 7.17. The number of fused-ring (bicyclic) bond motifs is 2. The number of primary amides is 1. The van der Waals surface area contributed by atoms with Gasteiger partial charge in [0.2, 0.25) is 0 Å². The fourth-order valence-electron chi connectivity index (χ4n) is 4.37. The van der Waals surface area contributed by atoms with E-state index in [1.807, 2.05) is 12.1 Å². The first-order chi connectivity index (χ1) is 15.9. The molecule has 33 heavy (non-hydrogen) atoms. The van der Waals surface area contributed by atoms with Crippen LogP contribution in [0, 0.1) is 5.92 Å². The van der Waals surface area contributed by atoms with Crippen molar-refractivity contribution in [1.82, 2.24) is 0 Å². The number of nitrogens with two attached hydrogens (primary N) is 1. The van der Waals surface area contributed by atoms with E-state index in [2.05, 4.69) is 12.2 Å². The number of rotatable bonds is 4. The second-order valence-electron chi connectivity index (χ2n) is 8.44. The molecule has 2 aromatic carbocycles. The molecular formula is C26H22N2O4S. The van der Waals surface area contributed by atoms with Gasteiger partial charge >= 0.3 is 5.63 Å². The van der Waals surface area contributed by atoms with Crippen molar-refractivity contribution < 1.29 is 14.0 Å². The van der Waals surface area contributed by atoms with Gasteiger partial charge in [-0.25, -0.2) is 4.79 Å². The third-order valence-corrected chi connectivity index (χ3v) is 7.23. The van der Waals surface area contributed by atoms with Crippen molar-refractivity contribution in [2.75, 3.05) is 5.32 Å². The first-order valence-electron chi connectivity index (χ1n) is 10.8. The molecule has 5 rings (SSSR count). The number of carbonyl (C=O) groups excluding carboxylic acids is 2. The van der Waals surface area contributed by atoms with Crippen molar-refractivity contribution in [1.29, 1.82) is 0 Å². The van der Waals surface area contributed by atoms with E-state index in [0.29, 0.717) is 38.8 Å². The Hall–Kier alpha value is -3.71. The molecule has 1 atom stereocenters. The highest BCUT2D eigenvalue weighted by Gasteiger charge is 2.27. The molecule has 3 N–H and O–H groups in total. The zero-order chi connectivity index (χ0) is 23.1. The summed E-state index contributed by atoms with van der Waals surface area (Å²) in [6.45, 7) is 2.18. The van der Waals surface area contributed by atoms with Crippen molar-refractivity contribution >= 4 is 39.1 Å². The molecule has 0 spiro atoms. The van der Waals surface area contributed by atoms with Crippen LogP contribution in [0.5, 0.6) is 0 Å². The molecule has 4 aromatic rings. The Labute approximate surface area is 194 Å². The van der Waals surface area contributed by atoms with E-state index in [1.54, 1.807) is 42.5 Å². The van der Waals surface area contributed by atoms with Gasteiger partial charge in [0.25, 0.3) is 11.8 Å². The van der Waals surface area contributed by atoms with Crippen LogP contribution in [-0.2, 0) is 12.8 Å². The third-order valence-electron chi connectivity index (χ3n) is 6.06. The van der Waals surface area contributed by atoms with E-state index in [4.69, 9.17) is 10.2 Å². The first-order valence-corrected chi connectivity index (χ1v) is 11.6. The zero-order valence-electron chi connectivity index (χ0n) is 18.0. The van der Waals surface area contributed by atoms with E-state index in [-0.39, 0.29) is 5.91 Å². The van der Waals surface area contributed by atoms with Crippen LogP contribution >= 0.6 is 11.3 Å². The Bertz CT molecular complexity index is 1470. The molecule has 0 bridgehead atoms. The molecule has 2 heterocycles. The van der Waals surface area contributed by atoms with Crippen LogP contribution in [0.25, 0.3) is 22.1 Å². The number of thiophene rings is 1. The van der Waals surface area contributed by atoms with Gasteiger partial charge in [-0.1, -0.05) is 37.3 Å². The number of nitrogens with one attached hydrogen (secondary N) is 1. The summed E-state index contributed by atoms with van der Waals surface area (Å²) in [4.78, 5) is 38.9. The lowest BCUT2D eigenvalue weighted by Crippen LogP contribution is -2.19. The molecule has 0 fully saturated rings. The largest absolute Gasteiger partial charge is 0.422 e. The Morgan fingerprint density at radius 3 is 2.76 bits per heavy atom. The number of hydrogen-bond donors (Lipinski definition) is 2. The molecular weight excluding hydrogens is 436 g/mol. The highest BCUT2D eigenvalue weighted by atomic mass is 32.1. The van der Waals surface area contributed by atoms with E-state index in [0.717, 1.165) is 35.1 Å². The van der Waals surface area contributed by atoms with Gasteiger partial charge in [0.05, 0.1) is 11.1 Å². The standard InChI is InChI=1S/C26H22N2O4S/c1-14-9-10-18-21(11-14)33-25(22(18)23(27)29)28-24(30)17-7-4-6-15(12-17)19-13-16-5-2-3-8-20(16)32-26(19)31/h2-8,12-14H,9-11H2,1H3,(H2,27,29)(H,28,30). The van der Waals surface area contributed by atoms with Crippen LogP contribution in [0.15, 0.2) is 63.8 Å². The van der Waals surface area contributed by atoms with Crippen LogP contribution in [0.3, 0.4) is 0 Å². The summed E-state index contributed by atoms with van der Waals surface area (Å²) in [6, 6.07) is 15.8. The Morgan fingerprint density at radius 2 is 1.94 bits per heavy atom. The van der Waals surface area contributed by atoms with Crippen LogP contribution < -0.4 is 16.7 Å². The quantitative estimate of drug-likeness (QED) is 0.420. The van der Waals surface area contributed by atoms with Gasteiger partial charge < -0.3 is 15.5 Å². The lowest BCUT2D eigenvalue weighted by Gasteiger charge is -2.18. The van der Waals surface area contributed by atoms with Gasteiger partial charge in [0.1, 0.15) is 10.6 Å². The van der Waals surface area contributed by atoms with Gasteiger partial charge in [0, 0.05) is 15.8 Å². The SMILES string of the molecule is CC1CCc2c(sc(NC(=O)c3cccc(-c4cc5ccccc5oc4=O)c3)c2C(N)=O)C1. The molecule has 2 aromatic heterocycles. The predicted octanol–water partition coefficient (Wildman–Crippen LogP) is 5.00. The van der Waals surface area contributed by atoms with Gasteiger partial charge in [-0.05, 0) is 60.6 Å². The minimum Gasteiger partial charge on any atom is -0.422 e. The van der Waals surface area contributed by atoms with Gasteiger partial charge in [-0.2, -0.15) is 0 Å². The Kier molecular flexibility index (Phi) is 5.34. The maximum Gasteiger partial charge on any atom is 0.344 e. The van der Waals surface area contributed by atoms with Crippen LogP contribution in [0.4, 0.5) is 5.00 Å². The van der Waals surface area contributed by atoms with Gasteiger partial charge in [-0.15, -0.1) is 11.3 Å². The van der Waals surface area contributed by atoms with Crippen molar-refractivity contribution in [3.8, 4) is 11.1 Å². The molecule has 1 unspecified atom stereocenters. The number of benzene rings is 2. The second-order valence-corrected chi connectivity index (χ2v) is 9.55. The smallest absolute Gasteiger partial charge is 0.344 e. The number of hydrogen-bond acceptors (Lipinski definition) is 5. The summed E-state index contributed by atoms with van der Waals surface area (Å²) in [5.41, 5.74) is 8.41. The summed E-state index contributed by atoms with van der Waals surface area (Å²) >= 11 is 1.42. The van der Waals surface area contributed by atoms with Crippen LogP contribution in [0.1, 0.15) is 44.5 Å². The van der Waals surface area contributed by atoms with Crippen molar-refractivity contribution in [3.63, 3.8) is 0 Å². The van der Waals surface area contributed by atoms with E-state index in [9.17, 15) is 14.4 Å². The van der Waals surface area contributed by atoms with Crippen molar-refractivity contribution in [3.05, 3.63) is 86.6 Å². The van der Waals surface area contributed by atoms with E-state index < -0.39 is 11.5 Å². The van der Waals surface area contributed by atoms with Gasteiger partial charge in [-0.3, -0.25) is 9.59 Å². The van der Waals surface area contributed by atoms with Crippen LogP contribution in [-0.4, -0.2) is 11.8 Å². The molecule has 0 radical (unpaired) electrons. The number of amides is 2. The highest BCUT2D eigenvalue weighted by Crippen LogP contribution is 2.39. The Morgan fingerprint density at radius 1 is 1.12 bits per heavy atom. The molecule has 166 valence electrons. The minimum atomic E-state index is -0.528. The molecule has 7 heteroatoms. The summed E-state index contributed by atoms with van der Waals surface area (Å²) in [7, 11) is 0. The lowest BCUT2D eigenvalue weighted by molar-refractivity contribution is 0.1000. The van der Waals surface area contributed by atoms with E-state index >= 15 is 0 Å². The lowest BCUT2D eigenvalue weighted by atomic mass is 9.88. The molecule has 6 nitrogen and oxygen atoms in total. The maximum atomic E-state index is 13.1. The third kappa shape index (κ3) is 3.96. The molecule has 1 aliphatic carbocycles. The first kappa shape index (κ1) is 21.2. The van der Waals surface area contributed by atoms with Gasteiger partial charge in [0.15, 0.2) is 0 Å². The molecule has 0 aliphatic heterocycles. The number of carbonyl (C=O) groups is 2. The average Bonchev–Trinajstić information content (AvgIpc) is 3.15. The summed E-state index contributed by atoms with van der Waals surface area (Å²) in [5, 5.41) is 4.17. The van der Waals surface area contributed by atoms with Crippen LogP contribution in [0.2, 0.25) is 0 Å². The average molecular weight is 459 g/mol. The summed E-state index contributed by atoms with van der Waals surface area (Å²) in [6.07, 6.45) is 2.66. The van der Waals surface area contributed by atoms with Crippen molar-refractivity contribution in [2.24, 2.45) is 11.7 Å². The fourth-order valence-corrected chi connectivity index (χ4v) is 5.78. The number of anilines is 1. The summed E-state index contributed by atoms with van der Waals surface area (Å²) < 4.78 is 5.43. The molecule has 0 saturated heterocycles. The molecule has 0 saturated carbocycles. The second kappa shape index (κ2) is 8.33. The predicted molar refractivity (Wildman–Crippen MR) is 130 cm³/mol. The zero-order valence-corrected chi connectivity index (χ0v) is 18.8. The van der Waals surface area contributed by atoms with E-state index in [1.165, 1.54) is 11.3 Å². The number of para-hydroxylation sites is 1. The maximum absolute atomic E-state index is 13.1. The molecule has 2 amide bonds.